The molecule has 7 rings (SSSR count). The molecule has 14 nitrogen and oxygen atoms in total. The number of rotatable bonds is 12. The van der Waals surface area contributed by atoms with E-state index in [9.17, 15) is 19.2 Å². The fourth-order valence-electron chi connectivity index (χ4n) is 8.94. The molecule has 16 heteroatoms. The summed E-state index contributed by atoms with van der Waals surface area (Å²) in [5.74, 6) is 0.793. The van der Waals surface area contributed by atoms with Crippen molar-refractivity contribution in [3.63, 3.8) is 0 Å². The first-order valence-corrected chi connectivity index (χ1v) is 23.2. The van der Waals surface area contributed by atoms with Gasteiger partial charge in [-0.1, -0.05) is 47.5 Å². The van der Waals surface area contributed by atoms with Gasteiger partial charge in [-0.25, -0.2) is 9.78 Å². The van der Waals surface area contributed by atoms with E-state index in [0.29, 0.717) is 75.0 Å². The zero-order chi connectivity index (χ0) is 46.8. The van der Waals surface area contributed by atoms with Crippen molar-refractivity contribution in [1.29, 1.82) is 0 Å². The number of hydrogen-bond acceptors (Lipinski definition) is 10. The third-order valence-electron chi connectivity index (χ3n) is 12.2. The molecule has 1 saturated heterocycles. The first-order valence-electron chi connectivity index (χ1n) is 22.5. The third-order valence-corrected chi connectivity index (χ3v) is 13.0. The summed E-state index contributed by atoms with van der Waals surface area (Å²) in [7, 11) is 3.43. The van der Waals surface area contributed by atoms with Gasteiger partial charge in [0.05, 0.1) is 52.4 Å². The number of benzene rings is 2. The van der Waals surface area contributed by atoms with Gasteiger partial charge in [0.2, 0.25) is 5.91 Å². The quantitative estimate of drug-likeness (QED) is 0.131. The summed E-state index contributed by atoms with van der Waals surface area (Å²) in [6.45, 7) is 14.1. The molecule has 0 unspecified atom stereocenters. The van der Waals surface area contributed by atoms with Crippen LogP contribution in [0.2, 0.25) is 10.0 Å². The van der Waals surface area contributed by atoms with Gasteiger partial charge in [-0.2, -0.15) is 0 Å². The van der Waals surface area contributed by atoms with Crippen molar-refractivity contribution in [2.24, 2.45) is 18.9 Å². The third kappa shape index (κ3) is 11.6. The van der Waals surface area contributed by atoms with E-state index in [-0.39, 0.29) is 42.8 Å². The number of amides is 3. The molecule has 348 valence electrons. The number of nitrogens with zero attached hydrogens (tertiary/aromatic N) is 5. The molecule has 4 heterocycles. The van der Waals surface area contributed by atoms with Crippen LogP contribution in [-0.2, 0) is 45.6 Å². The highest BCUT2D eigenvalue weighted by Gasteiger charge is 2.33. The van der Waals surface area contributed by atoms with Crippen LogP contribution in [0.25, 0.3) is 22.4 Å². The number of aromatic nitrogens is 3. The Morgan fingerprint density at radius 3 is 2.32 bits per heavy atom. The van der Waals surface area contributed by atoms with E-state index in [1.54, 1.807) is 36.4 Å². The Balaban J connectivity index is 1.03. The van der Waals surface area contributed by atoms with Gasteiger partial charge < -0.3 is 34.3 Å². The zero-order valence-electron chi connectivity index (χ0n) is 38.7. The lowest BCUT2D eigenvalue weighted by Gasteiger charge is -2.34. The number of halogens is 2. The van der Waals surface area contributed by atoms with Crippen LogP contribution in [0, 0.1) is 11.8 Å². The summed E-state index contributed by atoms with van der Waals surface area (Å²) in [5.41, 5.74) is 4.26. The monoisotopic (exact) mass is 929 g/mol. The standard InChI is InChI=1S/C49H61Cl2N7O7/c1-48(2,3)64-46(61)30-14-12-29(13-15-30)25-57-23-21-36-38(28-57)56(7)44(54-36)45(60)55-37-11-9-10-34(41(37)50)35-20-22-52-43(42(35)51)31-16-17-32(39(24-31)63-8)26-58(47(62)65-49(4,5)6)27-33-18-19-40(59)53-33/h9-11,16-17,20,22,24,29-30,33H,12-15,18-19,21,23,25-28H2,1-8H3,(H,53,59)(H,55,60)/t29?,30?,33-/m0/s1. The maximum Gasteiger partial charge on any atom is 0.410 e. The molecule has 2 aliphatic heterocycles. The highest BCUT2D eigenvalue weighted by atomic mass is 35.5. The van der Waals surface area contributed by atoms with E-state index >= 15 is 0 Å². The molecule has 0 bridgehead atoms. The van der Waals surface area contributed by atoms with Gasteiger partial charge in [-0.15, -0.1) is 0 Å². The Hall–Kier alpha value is -5.18. The Morgan fingerprint density at radius 2 is 1.65 bits per heavy atom. The first kappa shape index (κ1) is 47.8. The van der Waals surface area contributed by atoms with Crippen LogP contribution in [-0.4, -0.2) is 92.2 Å². The molecule has 3 amide bonds. The Labute approximate surface area is 391 Å². The normalized spacial score (nSPS) is 19.0. The molecule has 2 N–H and O–H groups in total. The number of carbonyl (C=O) groups is 4. The number of ether oxygens (including phenoxy) is 3. The van der Waals surface area contributed by atoms with Gasteiger partial charge in [-0.3, -0.25) is 24.3 Å². The zero-order valence-corrected chi connectivity index (χ0v) is 40.2. The highest BCUT2D eigenvalue weighted by Crippen LogP contribution is 2.42. The molecule has 1 aliphatic carbocycles. The average Bonchev–Trinajstić information content (AvgIpc) is 3.81. The van der Waals surface area contributed by atoms with E-state index in [2.05, 4.69) is 20.5 Å². The van der Waals surface area contributed by atoms with Crippen LogP contribution >= 0.6 is 23.2 Å². The second-order valence-corrected chi connectivity index (χ2v) is 20.2. The molecule has 2 aromatic heterocycles. The summed E-state index contributed by atoms with van der Waals surface area (Å²) in [6, 6.07) is 12.5. The molecule has 65 heavy (non-hydrogen) atoms. The molecular weight excluding hydrogens is 869 g/mol. The minimum Gasteiger partial charge on any atom is -0.496 e. The van der Waals surface area contributed by atoms with Crippen molar-refractivity contribution in [3.05, 3.63) is 81.5 Å². The van der Waals surface area contributed by atoms with E-state index in [1.807, 2.05) is 77.4 Å². The molecule has 0 radical (unpaired) electrons. The second kappa shape index (κ2) is 19.7. The summed E-state index contributed by atoms with van der Waals surface area (Å²) in [6.07, 6.45) is 6.61. The van der Waals surface area contributed by atoms with E-state index in [4.69, 9.17) is 42.4 Å². The molecule has 3 aliphatic rings. The number of imidazole rings is 1. The summed E-state index contributed by atoms with van der Waals surface area (Å²) < 4.78 is 19.1. The highest BCUT2D eigenvalue weighted by molar-refractivity contribution is 6.39. The smallest absolute Gasteiger partial charge is 0.410 e. The molecule has 2 aromatic carbocycles. The fraction of sp³-hybridized carbons (Fsp3) is 0.510. The Morgan fingerprint density at radius 1 is 0.923 bits per heavy atom. The second-order valence-electron chi connectivity index (χ2n) is 19.5. The van der Waals surface area contributed by atoms with Gasteiger partial charge >= 0.3 is 12.1 Å². The van der Waals surface area contributed by atoms with E-state index in [0.717, 1.165) is 62.1 Å². The van der Waals surface area contributed by atoms with Crippen molar-refractivity contribution in [2.45, 2.75) is 117 Å². The van der Waals surface area contributed by atoms with Crippen LogP contribution in [0.15, 0.2) is 48.7 Å². The SMILES string of the molecule is COc1cc(-c2nccc(-c3cccc(NC(=O)c4nc5c(n4C)CN(CC4CCC(C(=O)OC(C)(C)C)CC4)CC5)c3Cl)c2Cl)ccc1CN(C[C@@H]1CCC(=O)N1)C(=O)OC(C)(C)C. The number of methoxy groups -OCH3 is 1. The topological polar surface area (TPSA) is 157 Å². The number of fused-ring (bicyclic) bond motifs is 1. The Bertz CT molecular complexity index is 2430. The summed E-state index contributed by atoms with van der Waals surface area (Å²) in [5, 5.41) is 6.59. The van der Waals surface area contributed by atoms with Crippen LogP contribution in [0.4, 0.5) is 10.5 Å². The largest absolute Gasteiger partial charge is 0.496 e. The van der Waals surface area contributed by atoms with Crippen LogP contribution < -0.4 is 15.4 Å². The predicted molar refractivity (Wildman–Crippen MR) is 251 cm³/mol. The van der Waals surface area contributed by atoms with Gasteiger partial charge in [-0.05, 0) is 97.8 Å². The maximum atomic E-state index is 13.9. The Kier molecular flexibility index (Phi) is 14.5. The lowest BCUT2D eigenvalue weighted by molar-refractivity contribution is -0.161. The van der Waals surface area contributed by atoms with Crippen molar-refractivity contribution >= 4 is 52.8 Å². The van der Waals surface area contributed by atoms with E-state index < -0.39 is 17.3 Å². The van der Waals surface area contributed by atoms with Crippen molar-refractivity contribution < 1.29 is 33.4 Å². The van der Waals surface area contributed by atoms with Crippen LogP contribution in [0.3, 0.4) is 0 Å². The molecule has 4 aromatic rings. The van der Waals surface area contributed by atoms with Gasteiger partial charge in [0, 0.05) is 80.6 Å². The lowest BCUT2D eigenvalue weighted by Crippen LogP contribution is -2.43. The summed E-state index contributed by atoms with van der Waals surface area (Å²) >= 11 is 14.2. The number of anilines is 1. The van der Waals surface area contributed by atoms with Crippen molar-refractivity contribution in [3.8, 4) is 28.1 Å². The maximum absolute atomic E-state index is 13.9. The fourth-order valence-corrected chi connectivity index (χ4v) is 9.54. The predicted octanol–water partition coefficient (Wildman–Crippen LogP) is 9.24. The summed E-state index contributed by atoms with van der Waals surface area (Å²) in [4.78, 5) is 65.3. The number of carbonyl (C=O) groups excluding carboxylic acids is 4. The first-order chi connectivity index (χ1) is 30.8. The van der Waals surface area contributed by atoms with Gasteiger partial charge in [0.15, 0.2) is 5.82 Å². The lowest BCUT2D eigenvalue weighted by atomic mass is 9.81. The average molecular weight is 931 g/mol. The van der Waals surface area contributed by atoms with Crippen LogP contribution in [0.1, 0.15) is 108 Å². The molecule has 1 atom stereocenters. The number of hydrogen-bond donors (Lipinski definition) is 2. The minimum absolute atomic E-state index is 0.0305. The molecular formula is C49H61Cl2N7O7. The van der Waals surface area contributed by atoms with Crippen molar-refractivity contribution in [1.82, 2.24) is 29.7 Å². The van der Waals surface area contributed by atoms with Gasteiger partial charge in [0.25, 0.3) is 5.91 Å². The molecule has 0 spiro atoms. The molecule has 1 saturated carbocycles. The van der Waals surface area contributed by atoms with Crippen LogP contribution in [0.5, 0.6) is 5.75 Å². The molecule has 2 fully saturated rings. The van der Waals surface area contributed by atoms with Gasteiger partial charge in [0.1, 0.15) is 17.0 Å². The minimum atomic E-state index is -0.708. The van der Waals surface area contributed by atoms with Crippen molar-refractivity contribution in [2.75, 3.05) is 32.1 Å². The number of pyridine rings is 1. The number of nitrogens with one attached hydrogen (secondary N) is 2. The number of esters is 1. The van der Waals surface area contributed by atoms with E-state index in [1.165, 1.54) is 0 Å².